The van der Waals surface area contributed by atoms with E-state index in [2.05, 4.69) is 10.6 Å². The Hall–Kier alpha value is -2.82. The molecule has 4 rings (SSSR count). The van der Waals surface area contributed by atoms with Crippen LogP contribution in [0, 0.1) is 5.92 Å². The van der Waals surface area contributed by atoms with E-state index in [4.69, 9.17) is 4.74 Å². The summed E-state index contributed by atoms with van der Waals surface area (Å²) in [6.07, 6.45) is 4.62. The average Bonchev–Trinajstić information content (AvgIpc) is 3.56. The fourth-order valence-corrected chi connectivity index (χ4v) is 2.61. The van der Waals surface area contributed by atoms with Crippen molar-refractivity contribution in [1.29, 1.82) is 0 Å². The summed E-state index contributed by atoms with van der Waals surface area (Å²) in [7, 11) is 0. The zero-order valence-electron chi connectivity index (χ0n) is 14.5. The van der Waals surface area contributed by atoms with Crippen LogP contribution < -0.4 is 15.4 Å². The minimum atomic E-state index is -0.186. The second kappa shape index (κ2) is 7.20. The second-order valence-electron chi connectivity index (χ2n) is 7.06. The molecule has 2 saturated carbocycles. The number of carbonyl (C=O) groups is 2. The summed E-state index contributed by atoms with van der Waals surface area (Å²) in [5.41, 5.74) is 1.83. The summed E-state index contributed by atoms with van der Waals surface area (Å²) < 4.78 is 5.68. The first-order chi connectivity index (χ1) is 12.7. The smallest absolute Gasteiger partial charge is 0.255 e. The van der Waals surface area contributed by atoms with Crippen molar-refractivity contribution in [3.8, 4) is 5.75 Å². The first kappa shape index (κ1) is 16.6. The average molecular weight is 350 g/mol. The SMILES string of the molecule is O=C(Nc1ccc(C(=O)NC2CC2)cc1)c1ccc(OCC2CC2)cc1. The molecule has 0 heterocycles. The third-order valence-electron chi connectivity index (χ3n) is 4.62. The minimum absolute atomic E-state index is 0.0628. The van der Waals surface area contributed by atoms with Crippen LogP contribution in [0.2, 0.25) is 0 Å². The molecular weight excluding hydrogens is 328 g/mol. The fourth-order valence-electron chi connectivity index (χ4n) is 2.61. The van der Waals surface area contributed by atoms with E-state index in [0.29, 0.717) is 28.8 Å². The minimum Gasteiger partial charge on any atom is -0.493 e. The van der Waals surface area contributed by atoms with Crippen LogP contribution in [0.25, 0.3) is 0 Å². The van der Waals surface area contributed by atoms with Crippen LogP contribution in [0.3, 0.4) is 0 Å². The lowest BCUT2D eigenvalue weighted by Gasteiger charge is -2.08. The Morgan fingerprint density at radius 3 is 2.08 bits per heavy atom. The summed E-state index contributed by atoms with van der Waals surface area (Å²) in [5.74, 6) is 1.24. The van der Waals surface area contributed by atoms with Gasteiger partial charge in [0.1, 0.15) is 5.75 Å². The lowest BCUT2D eigenvalue weighted by molar-refractivity contribution is 0.0950. The van der Waals surface area contributed by atoms with Gasteiger partial charge in [0.2, 0.25) is 0 Å². The van der Waals surface area contributed by atoms with Crippen LogP contribution in [0.4, 0.5) is 5.69 Å². The molecule has 0 bridgehead atoms. The van der Waals surface area contributed by atoms with Gasteiger partial charge in [-0.25, -0.2) is 0 Å². The van der Waals surface area contributed by atoms with E-state index < -0.39 is 0 Å². The van der Waals surface area contributed by atoms with Gasteiger partial charge in [0, 0.05) is 22.9 Å². The number of anilines is 1. The predicted octanol–water partition coefficient (Wildman–Crippen LogP) is 3.62. The maximum Gasteiger partial charge on any atom is 0.255 e. The molecule has 0 saturated heterocycles. The molecule has 2 aliphatic rings. The van der Waals surface area contributed by atoms with Crippen LogP contribution in [0.1, 0.15) is 46.4 Å². The highest BCUT2D eigenvalue weighted by atomic mass is 16.5. The lowest BCUT2D eigenvalue weighted by Crippen LogP contribution is -2.25. The van der Waals surface area contributed by atoms with Gasteiger partial charge in [-0.3, -0.25) is 9.59 Å². The summed E-state index contributed by atoms with van der Waals surface area (Å²) in [4.78, 5) is 24.3. The Kier molecular flexibility index (Phi) is 4.61. The first-order valence-corrected chi connectivity index (χ1v) is 9.12. The van der Waals surface area contributed by atoms with Crippen LogP contribution in [0.5, 0.6) is 5.75 Å². The number of ether oxygens (including phenoxy) is 1. The van der Waals surface area contributed by atoms with Gasteiger partial charge in [-0.15, -0.1) is 0 Å². The third kappa shape index (κ3) is 4.42. The fraction of sp³-hybridized carbons (Fsp3) is 0.333. The van der Waals surface area contributed by atoms with E-state index in [-0.39, 0.29) is 11.8 Å². The molecule has 0 aromatic heterocycles. The largest absolute Gasteiger partial charge is 0.493 e. The number of rotatable bonds is 7. The number of hydrogen-bond acceptors (Lipinski definition) is 3. The van der Waals surface area contributed by atoms with Crippen molar-refractivity contribution in [2.45, 2.75) is 31.7 Å². The third-order valence-corrected chi connectivity index (χ3v) is 4.62. The molecule has 0 radical (unpaired) electrons. The van der Waals surface area contributed by atoms with Crippen molar-refractivity contribution in [1.82, 2.24) is 5.32 Å². The van der Waals surface area contributed by atoms with Gasteiger partial charge in [-0.05, 0) is 80.1 Å². The van der Waals surface area contributed by atoms with E-state index >= 15 is 0 Å². The van der Waals surface area contributed by atoms with Gasteiger partial charge in [-0.1, -0.05) is 0 Å². The highest BCUT2D eigenvalue weighted by Crippen LogP contribution is 2.29. The quantitative estimate of drug-likeness (QED) is 0.801. The van der Waals surface area contributed by atoms with Crippen molar-refractivity contribution in [2.75, 3.05) is 11.9 Å². The van der Waals surface area contributed by atoms with Gasteiger partial charge in [-0.2, -0.15) is 0 Å². The molecule has 2 amide bonds. The molecule has 26 heavy (non-hydrogen) atoms. The molecule has 0 atom stereocenters. The Morgan fingerprint density at radius 2 is 1.46 bits per heavy atom. The molecule has 2 fully saturated rings. The molecular formula is C21H22N2O3. The molecule has 2 N–H and O–H groups in total. The van der Waals surface area contributed by atoms with Crippen molar-refractivity contribution in [2.24, 2.45) is 5.92 Å². The van der Waals surface area contributed by atoms with Crippen LogP contribution in [0.15, 0.2) is 48.5 Å². The second-order valence-corrected chi connectivity index (χ2v) is 7.06. The maximum atomic E-state index is 12.3. The number of amides is 2. The summed E-state index contributed by atoms with van der Waals surface area (Å²) >= 11 is 0. The Labute approximate surface area is 152 Å². The Bertz CT molecular complexity index is 791. The van der Waals surface area contributed by atoms with Crippen molar-refractivity contribution in [3.05, 3.63) is 59.7 Å². The molecule has 2 aliphatic carbocycles. The van der Waals surface area contributed by atoms with Crippen molar-refractivity contribution < 1.29 is 14.3 Å². The molecule has 134 valence electrons. The zero-order chi connectivity index (χ0) is 17.9. The van der Waals surface area contributed by atoms with Gasteiger partial charge in [0.25, 0.3) is 11.8 Å². The monoisotopic (exact) mass is 350 g/mol. The molecule has 5 heteroatoms. The van der Waals surface area contributed by atoms with E-state index in [1.807, 2.05) is 12.1 Å². The lowest BCUT2D eigenvalue weighted by atomic mass is 10.1. The topological polar surface area (TPSA) is 67.4 Å². The van der Waals surface area contributed by atoms with Crippen molar-refractivity contribution >= 4 is 17.5 Å². The Morgan fingerprint density at radius 1 is 0.846 bits per heavy atom. The molecule has 0 unspecified atom stereocenters. The van der Waals surface area contributed by atoms with Gasteiger partial charge in [0.15, 0.2) is 0 Å². The molecule has 0 spiro atoms. The first-order valence-electron chi connectivity index (χ1n) is 9.12. The summed E-state index contributed by atoms with van der Waals surface area (Å²) in [6, 6.07) is 14.4. The van der Waals surface area contributed by atoms with E-state index in [9.17, 15) is 9.59 Å². The number of carbonyl (C=O) groups excluding carboxylic acids is 2. The Balaban J connectivity index is 1.32. The van der Waals surface area contributed by atoms with Crippen LogP contribution >= 0.6 is 0 Å². The molecule has 0 aliphatic heterocycles. The van der Waals surface area contributed by atoms with E-state index in [0.717, 1.165) is 25.2 Å². The highest BCUT2D eigenvalue weighted by Gasteiger charge is 2.23. The molecule has 5 nitrogen and oxygen atoms in total. The predicted molar refractivity (Wildman–Crippen MR) is 99.5 cm³/mol. The highest BCUT2D eigenvalue weighted by molar-refractivity contribution is 6.04. The normalized spacial score (nSPS) is 16.0. The maximum absolute atomic E-state index is 12.3. The molecule has 2 aromatic carbocycles. The summed E-state index contributed by atoms with van der Waals surface area (Å²) in [5, 5.41) is 5.79. The van der Waals surface area contributed by atoms with Gasteiger partial charge in [0.05, 0.1) is 6.61 Å². The van der Waals surface area contributed by atoms with Crippen LogP contribution in [-0.2, 0) is 0 Å². The number of hydrogen-bond donors (Lipinski definition) is 2. The number of benzene rings is 2. The standard InChI is InChI=1S/C21H22N2O3/c24-20(23-18-9-10-18)15-3-7-17(8-4-15)22-21(25)16-5-11-19(12-6-16)26-13-14-1-2-14/h3-8,11-12,14,18H,1-2,9-10,13H2,(H,22,25)(H,23,24). The van der Waals surface area contributed by atoms with Crippen molar-refractivity contribution in [3.63, 3.8) is 0 Å². The van der Waals surface area contributed by atoms with Gasteiger partial charge < -0.3 is 15.4 Å². The summed E-state index contributed by atoms with van der Waals surface area (Å²) in [6.45, 7) is 0.756. The van der Waals surface area contributed by atoms with Crippen LogP contribution in [-0.4, -0.2) is 24.5 Å². The van der Waals surface area contributed by atoms with Gasteiger partial charge >= 0.3 is 0 Å². The zero-order valence-corrected chi connectivity index (χ0v) is 14.5. The number of nitrogens with one attached hydrogen (secondary N) is 2. The molecule has 2 aromatic rings. The van der Waals surface area contributed by atoms with E-state index in [1.165, 1.54) is 12.8 Å². The van der Waals surface area contributed by atoms with E-state index in [1.54, 1.807) is 36.4 Å².